The number of carboxylic acid groups (broad SMARTS) is 1. The van der Waals surface area contributed by atoms with Gasteiger partial charge in [0.2, 0.25) is 0 Å². The maximum absolute atomic E-state index is 14.2. The summed E-state index contributed by atoms with van der Waals surface area (Å²) in [5.74, 6) is -2.21. The number of pyridine rings is 1. The van der Waals surface area contributed by atoms with Crippen molar-refractivity contribution >= 4 is 16.9 Å². The molecule has 0 spiro atoms. The van der Waals surface area contributed by atoms with Gasteiger partial charge >= 0.3 is 12.1 Å². The van der Waals surface area contributed by atoms with Crippen molar-refractivity contribution < 1.29 is 27.5 Å². The summed E-state index contributed by atoms with van der Waals surface area (Å²) in [4.78, 5) is 15.2. The molecule has 1 aromatic heterocycles. The number of carboxylic acids is 1. The first-order valence-electron chi connectivity index (χ1n) is 6.76. The Hall–Kier alpha value is -2.96. The topological polar surface area (TPSA) is 50.2 Å². The highest BCUT2D eigenvalue weighted by atomic mass is 19.4. The Morgan fingerprint density at radius 1 is 1.00 bits per heavy atom. The van der Waals surface area contributed by atoms with Gasteiger partial charge in [-0.3, -0.25) is 4.98 Å². The standard InChI is InChI=1S/C17H9F4NO2/c18-14-8-10(17(19,20)21)2-3-12(14)11-5-6-22-15-4-1-9(16(23)24)7-13(11)15/h1-8H,(H,23,24). The van der Waals surface area contributed by atoms with Gasteiger partial charge in [-0.1, -0.05) is 6.07 Å². The van der Waals surface area contributed by atoms with Crippen LogP contribution in [0.5, 0.6) is 0 Å². The van der Waals surface area contributed by atoms with E-state index in [0.717, 1.165) is 12.1 Å². The lowest BCUT2D eigenvalue weighted by atomic mass is 9.98. The second-order valence-corrected chi connectivity index (χ2v) is 5.09. The van der Waals surface area contributed by atoms with E-state index in [0.29, 0.717) is 17.0 Å². The number of hydrogen-bond acceptors (Lipinski definition) is 2. The van der Waals surface area contributed by atoms with Crippen molar-refractivity contribution in [3.63, 3.8) is 0 Å². The molecule has 0 aliphatic heterocycles. The number of fused-ring (bicyclic) bond motifs is 1. The molecular weight excluding hydrogens is 326 g/mol. The van der Waals surface area contributed by atoms with Crippen LogP contribution >= 0.6 is 0 Å². The lowest BCUT2D eigenvalue weighted by molar-refractivity contribution is -0.137. The molecule has 0 bridgehead atoms. The minimum Gasteiger partial charge on any atom is -0.478 e. The van der Waals surface area contributed by atoms with Crippen LogP contribution in [0.15, 0.2) is 48.7 Å². The van der Waals surface area contributed by atoms with Gasteiger partial charge < -0.3 is 5.11 Å². The van der Waals surface area contributed by atoms with E-state index >= 15 is 0 Å². The zero-order chi connectivity index (χ0) is 17.5. The zero-order valence-corrected chi connectivity index (χ0v) is 11.9. The Bertz CT molecular complexity index is 951. The van der Waals surface area contributed by atoms with Gasteiger partial charge in [0.1, 0.15) is 5.82 Å². The number of aromatic carboxylic acids is 1. The Labute approximate surface area is 133 Å². The predicted octanol–water partition coefficient (Wildman–Crippen LogP) is 4.76. The van der Waals surface area contributed by atoms with Crippen molar-refractivity contribution in [3.8, 4) is 11.1 Å². The lowest BCUT2D eigenvalue weighted by Gasteiger charge is -2.11. The first-order chi connectivity index (χ1) is 11.3. The van der Waals surface area contributed by atoms with Crippen molar-refractivity contribution in [2.75, 3.05) is 0 Å². The Balaban J connectivity index is 2.22. The summed E-state index contributed by atoms with van der Waals surface area (Å²) in [6.07, 6.45) is -3.26. The maximum atomic E-state index is 14.2. The fraction of sp³-hybridized carbons (Fsp3) is 0.0588. The molecule has 0 amide bonds. The summed E-state index contributed by atoms with van der Waals surface area (Å²) in [6, 6.07) is 7.79. The summed E-state index contributed by atoms with van der Waals surface area (Å²) >= 11 is 0. The highest BCUT2D eigenvalue weighted by Crippen LogP contribution is 2.35. The summed E-state index contributed by atoms with van der Waals surface area (Å²) in [5, 5.41) is 9.41. The summed E-state index contributed by atoms with van der Waals surface area (Å²) in [7, 11) is 0. The minimum absolute atomic E-state index is 0.0240. The number of alkyl halides is 3. The highest BCUT2D eigenvalue weighted by Gasteiger charge is 2.31. The van der Waals surface area contributed by atoms with Crippen LogP contribution in [0, 0.1) is 5.82 Å². The SMILES string of the molecule is O=C(O)c1ccc2nccc(-c3ccc(C(F)(F)F)cc3F)c2c1. The number of hydrogen-bond donors (Lipinski definition) is 1. The average molecular weight is 335 g/mol. The zero-order valence-electron chi connectivity index (χ0n) is 11.9. The van der Waals surface area contributed by atoms with Gasteiger partial charge in [0.05, 0.1) is 16.6 Å². The van der Waals surface area contributed by atoms with Gasteiger partial charge in [-0.15, -0.1) is 0 Å². The first-order valence-corrected chi connectivity index (χ1v) is 6.76. The summed E-state index contributed by atoms with van der Waals surface area (Å²) < 4.78 is 52.2. The van der Waals surface area contributed by atoms with Gasteiger partial charge in [0.25, 0.3) is 0 Å². The van der Waals surface area contributed by atoms with Crippen molar-refractivity contribution in [1.29, 1.82) is 0 Å². The van der Waals surface area contributed by atoms with Crippen molar-refractivity contribution in [2.45, 2.75) is 6.18 Å². The molecular formula is C17H9F4NO2. The van der Waals surface area contributed by atoms with Gasteiger partial charge in [0, 0.05) is 17.1 Å². The van der Waals surface area contributed by atoms with Crippen molar-refractivity contribution in [3.05, 3.63) is 65.6 Å². The van der Waals surface area contributed by atoms with E-state index in [2.05, 4.69) is 4.98 Å². The molecule has 0 unspecified atom stereocenters. The largest absolute Gasteiger partial charge is 0.478 e. The number of carbonyl (C=O) groups is 1. The third-order valence-corrected chi connectivity index (χ3v) is 3.58. The van der Waals surface area contributed by atoms with E-state index < -0.39 is 23.5 Å². The molecule has 3 nitrogen and oxygen atoms in total. The minimum atomic E-state index is -4.64. The van der Waals surface area contributed by atoms with E-state index in [1.54, 1.807) is 0 Å². The molecule has 1 N–H and O–H groups in total. The van der Waals surface area contributed by atoms with E-state index in [-0.39, 0.29) is 16.7 Å². The van der Waals surface area contributed by atoms with Gasteiger partial charge in [-0.05, 0) is 42.0 Å². The maximum Gasteiger partial charge on any atom is 0.416 e. The fourth-order valence-corrected chi connectivity index (χ4v) is 2.42. The van der Waals surface area contributed by atoms with Gasteiger partial charge in [-0.2, -0.15) is 13.2 Å². The average Bonchev–Trinajstić information content (AvgIpc) is 2.53. The molecule has 24 heavy (non-hydrogen) atoms. The number of halogens is 4. The van der Waals surface area contributed by atoms with Crippen LogP contribution in [0.25, 0.3) is 22.0 Å². The van der Waals surface area contributed by atoms with Crippen LogP contribution < -0.4 is 0 Å². The van der Waals surface area contributed by atoms with E-state index in [1.165, 1.54) is 30.5 Å². The number of nitrogens with zero attached hydrogens (tertiary/aromatic N) is 1. The summed E-state index contributed by atoms with van der Waals surface area (Å²) in [5.41, 5.74) is -0.485. The molecule has 1 heterocycles. The van der Waals surface area contributed by atoms with E-state index in [9.17, 15) is 22.4 Å². The second kappa shape index (κ2) is 5.59. The quantitative estimate of drug-likeness (QED) is 0.687. The number of aromatic nitrogens is 1. The molecule has 0 saturated heterocycles. The molecule has 3 rings (SSSR count). The highest BCUT2D eigenvalue weighted by molar-refractivity contribution is 5.99. The van der Waals surface area contributed by atoms with Gasteiger partial charge in [0.15, 0.2) is 0 Å². The molecule has 2 aromatic carbocycles. The molecule has 7 heteroatoms. The van der Waals surface area contributed by atoms with E-state index in [1.807, 2.05) is 0 Å². The second-order valence-electron chi connectivity index (χ2n) is 5.09. The normalized spacial score (nSPS) is 11.7. The predicted molar refractivity (Wildman–Crippen MR) is 79.1 cm³/mol. The molecule has 0 fully saturated rings. The Morgan fingerprint density at radius 3 is 2.38 bits per heavy atom. The van der Waals surface area contributed by atoms with Crippen molar-refractivity contribution in [2.24, 2.45) is 0 Å². The molecule has 0 aliphatic carbocycles. The summed E-state index contributed by atoms with van der Waals surface area (Å²) in [6.45, 7) is 0. The third kappa shape index (κ3) is 2.80. The van der Waals surface area contributed by atoms with Gasteiger partial charge in [-0.25, -0.2) is 9.18 Å². The number of rotatable bonds is 2. The smallest absolute Gasteiger partial charge is 0.416 e. The van der Waals surface area contributed by atoms with Crippen LogP contribution in [0.2, 0.25) is 0 Å². The fourth-order valence-electron chi connectivity index (χ4n) is 2.42. The molecule has 0 atom stereocenters. The first kappa shape index (κ1) is 15.9. The molecule has 0 aliphatic rings. The Morgan fingerprint density at radius 2 is 1.75 bits per heavy atom. The number of benzene rings is 2. The van der Waals surface area contributed by atoms with Crippen LogP contribution in [0.3, 0.4) is 0 Å². The monoisotopic (exact) mass is 335 g/mol. The third-order valence-electron chi connectivity index (χ3n) is 3.58. The van der Waals surface area contributed by atoms with E-state index in [4.69, 9.17) is 5.11 Å². The Kier molecular flexibility index (Phi) is 3.71. The van der Waals surface area contributed by atoms with Crippen molar-refractivity contribution in [1.82, 2.24) is 4.98 Å². The molecule has 0 saturated carbocycles. The molecule has 0 radical (unpaired) electrons. The van der Waals surface area contributed by atoms with Crippen LogP contribution in [-0.4, -0.2) is 16.1 Å². The lowest BCUT2D eigenvalue weighted by Crippen LogP contribution is -2.05. The molecule has 3 aromatic rings. The van der Waals surface area contributed by atoms with Crippen LogP contribution in [-0.2, 0) is 6.18 Å². The van der Waals surface area contributed by atoms with Crippen LogP contribution in [0.4, 0.5) is 17.6 Å². The molecule has 122 valence electrons. The van der Waals surface area contributed by atoms with Crippen LogP contribution in [0.1, 0.15) is 15.9 Å².